The van der Waals surface area contributed by atoms with Gasteiger partial charge in [-0.3, -0.25) is 0 Å². The average molecular weight is 611 g/mol. The normalized spacial score (nSPS) is 22.1. The smallest absolute Gasteiger partial charge is 0.164 e. The summed E-state index contributed by atoms with van der Waals surface area (Å²) in [7, 11) is 0. The van der Waals surface area contributed by atoms with Crippen molar-refractivity contribution in [2.45, 2.75) is 51.4 Å². The first kappa shape index (κ1) is 29.3. The molecule has 1 aromatic heterocycles. The minimum absolute atomic E-state index is 0.288. The molecule has 0 amide bonds. The lowest BCUT2D eigenvalue weighted by molar-refractivity contribution is 0.0780. The number of nitriles is 1. The maximum atomic E-state index is 9.41. The topological polar surface area (TPSA) is 62.5 Å². The van der Waals surface area contributed by atoms with Crippen molar-refractivity contribution >= 4 is 10.8 Å². The molecule has 230 valence electrons. The summed E-state index contributed by atoms with van der Waals surface area (Å²) in [6.45, 7) is 4.89. The largest absolute Gasteiger partial charge is 0.208 e. The Morgan fingerprint density at radius 1 is 0.596 bits per heavy atom. The van der Waals surface area contributed by atoms with Gasteiger partial charge in [0.25, 0.3) is 0 Å². The highest BCUT2D eigenvalue weighted by Crippen LogP contribution is 2.54. The number of nitrogens with zero attached hydrogens (tertiary/aromatic N) is 4. The molecule has 5 aromatic carbocycles. The Bertz CT molecular complexity index is 2110. The van der Waals surface area contributed by atoms with Crippen molar-refractivity contribution in [3.05, 3.63) is 126 Å². The van der Waals surface area contributed by atoms with Crippen LogP contribution in [-0.4, -0.2) is 15.0 Å². The van der Waals surface area contributed by atoms with E-state index in [0.717, 1.165) is 56.3 Å². The number of fused-ring (bicyclic) bond motifs is 3. The van der Waals surface area contributed by atoms with Gasteiger partial charge in [-0.15, -0.1) is 0 Å². The van der Waals surface area contributed by atoms with Gasteiger partial charge >= 0.3 is 0 Å². The van der Waals surface area contributed by atoms with Crippen molar-refractivity contribution in [2.24, 2.45) is 17.8 Å². The van der Waals surface area contributed by atoms with Crippen LogP contribution in [0.2, 0.25) is 0 Å². The molecule has 6 aromatic rings. The van der Waals surface area contributed by atoms with Gasteiger partial charge in [0.2, 0.25) is 0 Å². The predicted molar refractivity (Wildman–Crippen MR) is 190 cm³/mol. The van der Waals surface area contributed by atoms with E-state index in [0.29, 0.717) is 23.0 Å². The van der Waals surface area contributed by atoms with E-state index in [1.165, 1.54) is 37.7 Å². The molecule has 47 heavy (non-hydrogen) atoms. The van der Waals surface area contributed by atoms with Gasteiger partial charge in [-0.25, -0.2) is 15.0 Å². The second kappa shape index (κ2) is 11.9. The molecular formula is C43H38N4. The number of rotatable bonds is 5. The summed E-state index contributed by atoms with van der Waals surface area (Å²) in [6, 6.07) is 42.1. The second-order valence-corrected chi connectivity index (χ2v) is 14.1. The van der Waals surface area contributed by atoms with Gasteiger partial charge in [0.05, 0.1) is 11.6 Å². The van der Waals surface area contributed by atoms with Gasteiger partial charge in [-0.1, -0.05) is 111 Å². The Balaban J connectivity index is 1.20. The number of hydrogen-bond acceptors (Lipinski definition) is 4. The monoisotopic (exact) mass is 610 g/mol. The molecule has 4 atom stereocenters. The van der Waals surface area contributed by atoms with Gasteiger partial charge in [0.15, 0.2) is 17.5 Å². The SMILES string of the molecule is C[C@@H]1CC2C[C@H](C)CC(c3ccc(-c4nc(-c5ccccc5)nc(-c5cccc(-c6cccc7cc(C#N)ccc67)c5)n4)cc3)(C2)C1. The summed E-state index contributed by atoms with van der Waals surface area (Å²) >= 11 is 0. The standard InChI is InChI=1S/C43H38N4/c1-28-20-31-21-29(2)25-43(24-28,26-31)37-17-15-33(16-18-37)41-45-40(32-8-4-3-5-9-32)46-42(47-41)36-12-6-10-35(23-36)38-13-7-11-34-22-30(27-44)14-19-39(34)38/h3-19,22-23,28-29,31H,20-21,24-26H2,1-2H3/t28-,29+,31?,43?. The highest BCUT2D eigenvalue weighted by molar-refractivity contribution is 5.97. The fourth-order valence-corrected chi connectivity index (χ4v) is 8.81. The van der Waals surface area contributed by atoms with Crippen molar-refractivity contribution in [3.8, 4) is 51.4 Å². The second-order valence-electron chi connectivity index (χ2n) is 14.1. The van der Waals surface area contributed by atoms with Gasteiger partial charge in [-0.2, -0.15) is 5.26 Å². The summed E-state index contributed by atoms with van der Waals surface area (Å²) in [5, 5.41) is 11.6. The Kier molecular flexibility index (Phi) is 7.41. The third kappa shape index (κ3) is 5.61. The van der Waals surface area contributed by atoms with Crippen LogP contribution in [0.25, 0.3) is 56.1 Å². The average Bonchev–Trinajstić information content (AvgIpc) is 3.10. The maximum absolute atomic E-state index is 9.41. The molecule has 8 rings (SSSR count). The number of hydrogen-bond donors (Lipinski definition) is 0. The van der Waals surface area contributed by atoms with Crippen LogP contribution < -0.4 is 0 Å². The summed E-state index contributed by atoms with van der Waals surface area (Å²) in [4.78, 5) is 15.1. The first-order chi connectivity index (χ1) is 23.0. The summed E-state index contributed by atoms with van der Waals surface area (Å²) in [5.74, 6) is 4.40. The molecule has 0 aliphatic heterocycles. The van der Waals surface area contributed by atoms with Crippen LogP contribution in [0.15, 0.2) is 115 Å². The van der Waals surface area contributed by atoms with Crippen molar-refractivity contribution in [1.82, 2.24) is 15.0 Å². The number of aromatic nitrogens is 3. The fraction of sp³-hybridized carbons (Fsp3) is 0.256. The third-order valence-electron chi connectivity index (χ3n) is 10.5. The molecule has 2 fully saturated rings. The quantitative estimate of drug-likeness (QED) is 0.195. The zero-order chi connectivity index (χ0) is 32.0. The molecule has 2 aliphatic carbocycles. The van der Waals surface area contributed by atoms with E-state index < -0.39 is 0 Å². The number of benzene rings is 5. The van der Waals surface area contributed by atoms with E-state index in [4.69, 9.17) is 15.0 Å². The van der Waals surface area contributed by atoms with Crippen LogP contribution in [0.5, 0.6) is 0 Å². The van der Waals surface area contributed by atoms with Gasteiger partial charge in [0, 0.05) is 16.7 Å². The minimum Gasteiger partial charge on any atom is -0.208 e. The maximum Gasteiger partial charge on any atom is 0.164 e. The molecule has 1 heterocycles. The molecule has 2 saturated carbocycles. The van der Waals surface area contributed by atoms with Crippen LogP contribution in [0.3, 0.4) is 0 Å². The summed E-state index contributed by atoms with van der Waals surface area (Å²) in [6.07, 6.45) is 6.65. The van der Waals surface area contributed by atoms with E-state index >= 15 is 0 Å². The first-order valence-electron chi connectivity index (χ1n) is 16.9. The molecule has 0 spiro atoms. The predicted octanol–water partition coefficient (Wildman–Crippen LogP) is 10.7. The lowest BCUT2D eigenvalue weighted by Gasteiger charge is -2.50. The minimum atomic E-state index is 0.288. The van der Waals surface area contributed by atoms with Crippen LogP contribution in [0.1, 0.15) is 57.1 Å². The highest BCUT2D eigenvalue weighted by Gasteiger charge is 2.45. The third-order valence-corrected chi connectivity index (χ3v) is 10.5. The first-order valence-corrected chi connectivity index (χ1v) is 16.9. The zero-order valence-electron chi connectivity index (χ0n) is 27.0. The lowest BCUT2D eigenvalue weighted by Crippen LogP contribution is -2.42. The lowest BCUT2D eigenvalue weighted by atomic mass is 9.54. The van der Waals surface area contributed by atoms with Gasteiger partial charge in [0.1, 0.15) is 0 Å². The van der Waals surface area contributed by atoms with Crippen LogP contribution in [-0.2, 0) is 5.41 Å². The van der Waals surface area contributed by atoms with Crippen LogP contribution >= 0.6 is 0 Å². The Labute approximate surface area is 277 Å². The van der Waals surface area contributed by atoms with Crippen LogP contribution in [0.4, 0.5) is 0 Å². The van der Waals surface area contributed by atoms with E-state index in [1.54, 1.807) is 0 Å². The molecule has 2 bridgehead atoms. The van der Waals surface area contributed by atoms with E-state index in [-0.39, 0.29) is 5.41 Å². The Morgan fingerprint density at radius 2 is 1.21 bits per heavy atom. The molecule has 2 aliphatic rings. The molecule has 0 saturated heterocycles. The fourth-order valence-electron chi connectivity index (χ4n) is 8.81. The Morgan fingerprint density at radius 3 is 1.91 bits per heavy atom. The van der Waals surface area contributed by atoms with Gasteiger partial charge in [-0.05, 0) is 101 Å². The van der Waals surface area contributed by atoms with Crippen LogP contribution in [0, 0.1) is 29.1 Å². The molecule has 2 unspecified atom stereocenters. The molecule has 0 N–H and O–H groups in total. The Hall–Kier alpha value is -5.14. The molecule has 0 radical (unpaired) electrons. The van der Waals surface area contributed by atoms with E-state index in [2.05, 4.69) is 92.7 Å². The van der Waals surface area contributed by atoms with Crippen molar-refractivity contribution in [2.75, 3.05) is 0 Å². The van der Waals surface area contributed by atoms with Crippen molar-refractivity contribution in [3.63, 3.8) is 0 Å². The highest BCUT2D eigenvalue weighted by atomic mass is 15.0. The molecular weight excluding hydrogens is 573 g/mol. The van der Waals surface area contributed by atoms with Crippen molar-refractivity contribution in [1.29, 1.82) is 5.26 Å². The zero-order valence-corrected chi connectivity index (χ0v) is 27.0. The molecule has 4 heteroatoms. The summed E-state index contributed by atoms with van der Waals surface area (Å²) < 4.78 is 0. The summed E-state index contributed by atoms with van der Waals surface area (Å²) in [5.41, 5.74) is 7.51. The van der Waals surface area contributed by atoms with E-state index in [1.807, 2.05) is 42.5 Å². The van der Waals surface area contributed by atoms with E-state index in [9.17, 15) is 5.26 Å². The molecule has 4 nitrogen and oxygen atoms in total. The van der Waals surface area contributed by atoms with Crippen molar-refractivity contribution < 1.29 is 0 Å². The van der Waals surface area contributed by atoms with Gasteiger partial charge < -0.3 is 0 Å².